The smallest absolute Gasteiger partial charge is 0.305 e. The van der Waals surface area contributed by atoms with E-state index in [1.165, 1.54) is 7.11 Å². The Balaban J connectivity index is 2.27. The summed E-state index contributed by atoms with van der Waals surface area (Å²) in [6, 6.07) is 0. The van der Waals surface area contributed by atoms with Crippen LogP contribution in [0.25, 0.3) is 0 Å². The van der Waals surface area contributed by atoms with Gasteiger partial charge in [0.05, 0.1) is 13.2 Å². The first-order valence-corrected chi connectivity index (χ1v) is 5.07. The highest BCUT2D eigenvalue weighted by molar-refractivity contribution is 5.69. The number of rotatable bonds is 3. The first-order valence-electron chi connectivity index (χ1n) is 5.07. The van der Waals surface area contributed by atoms with E-state index in [9.17, 15) is 9.90 Å². The van der Waals surface area contributed by atoms with E-state index in [0.717, 1.165) is 19.4 Å². The molecule has 1 aliphatic heterocycles. The third-order valence-corrected chi connectivity index (χ3v) is 2.87. The number of carbonyl (C=O) groups is 1. The van der Waals surface area contributed by atoms with Gasteiger partial charge in [-0.3, -0.25) is 4.79 Å². The minimum absolute atomic E-state index is 0.184. The summed E-state index contributed by atoms with van der Waals surface area (Å²) >= 11 is 0. The Kier molecular flexibility index (Phi) is 4.35. The van der Waals surface area contributed by atoms with Crippen LogP contribution < -0.4 is 0 Å². The molecule has 1 heterocycles. The van der Waals surface area contributed by atoms with Crippen LogP contribution in [0.15, 0.2) is 0 Å². The summed E-state index contributed by atoms with van der Waals surface area (Å²) in [6.45, 7) is 1.72. The number of esters is 1. The lowest BCUT2D eigenvalue weighted by atomic mass is 9.90. The van der Waals surface area contributed by atoms with E-state index in [4.69, 9.17) is 0 Å². The Labute approximate surface area is 84.8 Å². The van der Waals surface area contributed by atoms with Gasteiger partial charge in [-0.25, -0.2) is 0 Å². The van der Waals surface area contributed by atoms with Gasteiger partial charge in [-0.1, -0.05) is 0 Å². The van der Waals surface area contributed by atoms with Crippen LogP contribution in [-0.4, -0.2) is 49.3 Å². The van der Waals surface area contributed by atoms with Gasteiger partial charge in [0.1, 0.15) is 0 Å². The average molecular weight is 201 g/mol. The van der Waals surface area contributed by atoms with E-state index < -0.39 is 0 Å². The molecule has 82 valence electrons. The summed E-state index contributed by atoms with van der Waals surface area (Å²) in [6.07, 6.45) is 1.83. The van der Waals surface area contributed by atoms with Crippen LogP contribution in [0, 0.1) is 5.92 Å². The predicted octanol–water partition coefficient (Wildman–Crippen LogP) is 0.252. The Morgan fingerprint density at radius 2 is 2.36 bits per heavy atom. The highest BCUT2D eigenvalue weighted by Gasteiger charge is 2.26. The Morgan fingerprint density at radius 1 is 1.64 bits per heavy atom. The second-order valence-electron chi connectivity index (χ2n) is 3.99. The molecule has 4 heteroatoms. The van der Waals surface area contributed by atoms with Gasteiger partial charge in [0.25, 0.3) is 0 Å². The Hall–Kier alpha value is -0.610. The number of hydrogen-bond donors (Lipinski definition) is 1. The van der Waals surface area contributed by atoms with Crippen molar-refractivity contribution in [3.63, 3.8) is 0 Å². The third kappa shape index (κ3) is 3.27. The lowest BCUT2D eigenvalue weighted by Gasteiger charge is -2.33. The number of aliphatic hydroxyl groups excluding tert-OH is 1. The predicted molar refractivity (Wildman–Crippen MR) is 52.9 cm³/mol. The van der Waals surface area contributed by atoms with Gasteiger partial charge in [0.15, 0.2) is 0 Å². The average Bonchev–Trinajstić information content (AvgIpc) is 2.16. The molecule has 0 spiro atoms. The zero-order valence-electron chi connectivity index (χ0n) is 8.90. The second kappa shape index (κ2) is 5.32. The molecule has 2 unspecified atom stereocenters. The van der Waals surface area contributed by atoms with E-state index in [2.05, 4.69) is 9.64 Å². The van der Waals surface area contributed by atoms with Crippen LogP contribution >= 0.6 is 0 Å². The summed E-state index contributed by atoms with van der Waals surface area (Å²) in [7, 11) is 3.40. The van der Waals surface area contributed by atoms with Crippen molar-refractivity contribution in [3.05, 3.63) is 0 Å². The van der Waals surface area contributed by atoms with Gasteiger partial charge >= 0.3 is 5.97 Å². The fourth-order valence-corrected chi connectivity index (χ4v) is 1.88. The molecule has 14 heavy (non-hydrogen) atoms. The third-order valence-electron chi connectivity index (χ3n) is 2.87. The van der Waals surface area contributed by atoms with Crippen molar-refractivity contribution < 1.29 is 14.6 Å². The molecule has 0 radical (unpaired) electrons. The van der Waals surface area contributed by atoms with Gasteiger partial charge in [0, 0.05) is 13.0 Å². The SMILES string of the molecule is COC(=O)CCC1CCN(C)CC1O. The van der Waals surface area contributed by atoms with E-state index in [1.807, 2.05) is 7.05 Å². The number of β-amino-alcohol motifs (C(OH)–C–C–N with tert-alkyl or cyclic N) is 1. The molecule has 1 aliphatic rings. The zero-order chi connectivity index (χ0) is 10.6. The number of likely N-dealkylation sites (N-methyl/N-ethyl adjacent to an activating group) is 1. The molecular weight excluding hydrogens is 182 g/mol. The van der Waals surface area contributed by atoms with Crippen molar-refractivity contribution in [1.29, 1.82) is 0 Å². The maximum absolute atomic E-state index is 10.9. The van der Waals surface area contributed by atoms with E-state index >= 15 is 0 Å². The van der Waals surface area contributed by atoms with Crippen molar-refractivity contribution in [2.45, 2.75) is 25.4 Å². The summed E-state index contributed by atoms with van der Waals surface area (Å²) in [4.78, 5) is 13.0. The number of piperidine rings is 1. The maximum atomic E-state index is 10.9. The number of carbonyl (C=O) groups excluding carboxylic acids is 1. The van der Waals surface area contributed by atoms with Crippen LogP contribution in [0.1, 0.15) is 19.3 Å². The molecule has 0 aliphatic carbocycles. The highest BCUT2D eigenvalue weighted by atomic mass is 16.5. The van der Waals surface area contributed by atoms with Gasteiger partial charge in [-0.2, -0.15) is 0 Å². The molecule has 0 bridgehead atoms. The number of ether oxygens (including phenoxy) is 1. The first-order chi connectivity index (χ1) is 6.63. The zero-order valence-corrected chi connectivity index (χ0v) is 8.90. The molecule has 0 aromatic rings. The van der Waals surface area contributed by atoms with Crippen LogP contribution in [0.4, 0.5) is 0 Å². The topological polar surface area (TPSA) is 49.8 Å². The number of hydrogen-bond acceptors (Lipinski definition) is 4. The molecule has 1 rings (SSSR count). The van der Waals surface area contributed by atoms with Crippen molar-refractivity contribution >= 4 is 5.97 Å². The fraction of sp³-hybridized carbons (Fsp3) is 0.900. The molecule has 1 fully saturated rings. The maximum Gasteiger partial charge on any atom is 0.305 e. The molecule has 0 saturated carbocycles. The van der Waals surface area contributed by atoms with E-state index in [1.54, 1.807) is 0 Å². The molecule has 0 amide bonds. The van der Waals surface area contributed by atoms with Gasteiger partial charge < -0.3 is 14.7 Å². The van der Waals surface area contributed by atoms with Crippen LogP contribution in [0.3, 0.4) is 0 Å². The summed E-state index contributed by atoms with van der Waals surface area (Å²) < 4.78 is 4.57. The monoisotopic (exact) mass is 201 g/mol. The molecule has 0 aromatic carbocycles. The molecule has 1 saturated heterocycles. The van der Waals surface area contributed by atoms with Gasteiger partial charge in [-0.15, -0.1) is 0 Å². The molecule has 1 N–H and O–H groups in total. The van der Waals surface area contributed by atoms with Crippen molar-refractivity contribution in [3.8, 4) is 0 Å². The van der Waals surface area contributed by atoms with Crippen LogP contribution in [0.5, 0.6) is 0 Å². The van der Waals surface area contributed by atoms with Crippen molar-refractivity contribution in [2.75, 3.05) is 27.2 Å². The normalized spacial score (nSPS) is 28.8. The second-order valence-corrected chi connectivity index (χ2v) is 3.99. The first kappa shape index (κ1) is 11.5. The number of methoxy groups -OCH3 is 1. The van der Waals surface area contributed by atoms with Crippen LogP contribution in [-0.2, 0) is 9.53 Å². The largest absolute Gasteiger partial charge is 0.469 e. The molecule has 0 aromatic heterocycles. The van der Waals surface area contributed by atoms with E-state index in [0.29, 0.717) is 13.0 Å². The summed E-state index contributed by atoms with van der Waals surface area (Å²) in [5.41, 5.74) is 0. The number of aliphatic hydroxyl groups is 1. The standard InChI is InChI=1S/C10H19NO3/c1-11-6-5-8(9(12)7-11)3-4-10(13)14-2/h8-9,12H,3-7H2,1-2H3. The molecule has 2 atom stereocenters. The minimum Gasteiger partial charge on any atom is -0.469 e. The summed E-state index contributed by atoms with van der Waals surface area (Å²) in [5, 5.41) is 9.73. The summed E-state index contributed by atoms with van der Waals surface area (Å²) in [5.74, 6) is 0.0708. The lowest BCUT2D eigenvalue weighted by Crippen LogP contribution is -2.41. The lowest BCUT2D eigenvalue weighted by molar-refractivity contribution is -0.141. The number of likely N-dealkylation sites (tertiary alicyclic amines) is 1. The quantitative estimate of drug-likeness (QED) is 0.665. The fourth-order valence-electron chi connectivity index (χ4n) is 1.88. The molecular formula is C10H19NO3. The van der Waals surface area contributed by atoms with Crippen LogP contribution in [0.2, 0.25) is 0 Å². The van der Waals surface area contributed by atoms with Gasteiger partial charge in [-0.05, 0) is 32.4 Å². The number of nitrogens with zero attached hydrogens (tertiary/aromatic N) is 1. The molecule has 4 nitrogen and oxygen atoms in total. The van der Waals surface area contributed by atoms with E-state index in [-0.39, 0.29) is 18.0 Å². The van der Waals surface area contributed by atoms with Crippen molar-refractivity contribution in [1.82, 2.24) is 4.90 Å². The Bertz CT molecular complexity index is 196. The van der Waals surface area contributed by atoms with Crippen molar-refractivity contribution in [2.24, 2.45) is 5.92 Å². The Morgan fingerprint density at radius 3 is 2.93 bits per heavy atom. The highest BCUT2D eigenvalue weighted by Crippen LogP contribution is 2.21. The minimum atomic E-state index is -0.293. The van der Waals surface area contributed by atoms with Gasteiger partial charge in [0.2, 0.25) is 0 Å².